The first-order valence-electron chi connectivity index (χ1n) is 10.2. The fourth-order valence-corrected chi connectivity index (χ4v) is 2.27. The van der Waals surface area contributed by atoms with E-state index in [0.29, 0.717) is 32.6 Å². The number of hydrogen-bond donors (Lipinski definition) is 4. The maximum absolute atomic E-state index is 11.9. The van der Waals surface area contributed by atoms with Crippen molar-refractivity contribution in [2.45, 2.75) is 65.8 Å². The number of nitrogens with two attached hydrogens (primary N) is 1. The van der Waals surface area contributed by atoms with Gasteiger partial charge in [0.25, 0.3) is 0 Å². The average Bonchev–Trinajstić information content (AvgIpc) is 2.65. The maximum atomic E-state index is 11.9. The van der Waals surface area contributed by atoms with Crippen LogP contribution in [0.1, 0.15) is 59.8 Å². The Morgan fingerprint density at radius 3 is 2.14 bits per heavy atom. The monoisotopic (exact) mass is 402 g/mol. The summed E-state index contributed by atoms with van der Waals surface area (Å²) in [5, 5.41) is 8.50. The maximum Gasteiger partial charge on any atom is 0.225 e. The molecule has 166 valence electrons. The lowest BCUT2D eigenvalue weighted by molar-refractivity contribution is -0.129. The van der Waals surface area contributed by atoms with Crippen LogP contribution in [0.4, 0.5) is 0 Å². The van der Waals surface area contributed by atoms with Gasteiger partial charge >= 0.3 is 0 Å². The Bertz CT molecular complexity index is 413. The summed E-state index contributed by atoms with van der Waals surface area (Å²) in [7, 11) is 1.98. The van der Waals surface area contributed by atoms with Gasteiger partial charge in [-0.1, -0.05) is 40.5 Å². The van der Waals surface area contributed by atoms with E-state index in [1.807, 2.05) is 20.9 Å². The third-order valence-electron chi connectivity index (χ3n) is 3.97. The zero-order valence-electron chi connectivity index (χ0n) is 18.4. The zero-order valence-corrected chi connectivity index (χ0v) is 18.4. The van der Waals surface area contributed by atoms with Crippen molar-refractivity contribution in [2.24, 2.45) is 11.1 Å². The van der Waals surface area contributed by atoms with E-state index < -0.39 is 6.04 Å². The van der Waals surface area contributed by atoms with Gasteiger partial charge in [0, 0.05) is 24.9 Å². The van der Waals surface area contributed by atoms with E-state index in [-0.39, 0.29) is 23.7 Å². The van der Waals surface area contributed by atoms with Crippen molar-refractivity contribution >= 4 is 18.1 Å². The molecule has 1 atom stereocenters. The molecule has 0 saturated carbocycles. The van der Waals surface area contributed by atoms with Crippen molar-refractivity contribution in [1.82, 2.24) is 16.0 Å². The van der Waals surface area contributed by atoms with Gasteiger partial charge in [0.2, 0.25) is 11.8 Å². The van der Waals surface area contributed by atoms with Gasteiger partial charge < -0.3 is 31.2 Å². The molecule has 0 radical (unpaired) electrons. The summed E-state index contributed by atoms with van der Waals surface area (Å²) in [5.41, 5.74) is 4.97. The fraction of sp³-hybridized carbons (Fsp3) is 0.850. The number of nitrogens with one attached hydrogen (secondary N) is 3. The van der Waals surface area contributed by atoms with Gasteiger partial charge in [0.15, 0.2) is 0 Å². The molecule has 8 heteroatoms. The lowest BCUT2D eigenvalue weighted by atomic mass is 9.87. The van der Waals surface area contributed by atoms with E-state index in [1.165, 1.54) is 12.8 Å². The Kier molecular flexibility index (Phi) is 19.3. The van der Waals surface area contributed by atoms with Gasteiger partial charge in [0.05, 0.1) is 19.3 Å². The molecular weight excluding hydrogens is 360 g/mol. The number of carbonyl (C=O) groups is 3. The van der Waals surface area contributed by atoms with Crippen LogP contribution in [-0.4, -0.2) is 64.0 Å². The zero-order chi connectivity index (χ0) is 21.8. The molecule has 0 aliphatic carbocycles. The second kappa shape index (κ2) is 18.8. The minimum absolute atomic E-state index is 0.0218. The first-order valence-corrected chi connectivity index (χ1v) is 10.2. The van der Waals surface area contributed by atoms with Crippen molar-refractivity contribution in [1.29, 1.82) is 0 Å². The molecule has 1 unspecified atom stereocenters. The standard InChI is InChI=1S/C15H29N3O4.C5H13N/c1-4-5-15(2,3)14(21)18-7-9-22-8-6-17-13(20)10-12(16)11-19;1-3-4-5-6-2/h11-12H,4-10,16H2,1-3H3,(H,17,20)(H,18,21);6H,3-5H2,1-2H3. The van der Waals surface area contributed by atoms with Crippen LogP contribution >= 0.6 is 0 Å². The highest BCUT2D eigenvalue weighted by Crippen LogP contribution is 2.21. The molecule has 0 aliphatic rings. The Morgan fingerprint density at radius 1 is 1.07 bits per heavy atom. The molecule has 5 N–H and O–H groups in total. The van der Waals surface area contributed by atoms with E-state index in [9.17, 15) is 14.4 Å². The van der Waals surface area contributed by atoms with E-state index in [1.54, 1.807) is 0 Å². The molecule has 0 aliphatic heterocycles. The van der Waals surface area contributed by atoms with E-state index >= 15 is 0 Å². The molecule has 0 bridgehead atoms. The third kappa shape index (κ3) is 17.9. The van der Waals surface area contributed by atoms with Gasteiger partial charge in [-0.25, -0.2) is 0 Å². The summed E-state index contributed by atoms with van der Waals surface area (Å²) in [6.45, 7) is 10.8. The number of amides is 2. The highest BCUT2D eigenvalue weighted by atomic mass is 16.5. The number of ether oxygens (including phenoxy) is 1. The van der Waals surface area contributed by atoms with Gasteiger partial charge in [-0.3, -0.25) is 9.59 Å². The first kappa shape index (κ1) is 28.7. The van der Waals surface area contributed by atoms with Gasteiger partial charge in [-0.2, -0.15) is 0 Å². The van der Waals surface area contributed by atoms with Crippen LogP contribution in [0.25, 0.3) is 0 Å². The number of carbonyl (C=O) groups excluding carboxylic acids is 3. The van der Waals surface area contributed by atoms with Crippen molar-refractivity contribution in [3.05, 3.63) is 0 Å². The molecule has 0 saturated heterocycles. The molecule has 0 spiro atoms. The predicted molar refractivity (Wildman–Crippen MR) is 113 cm³/mol. The van der Waals surface area contributed by atoms with Crippen LogP contribution in [-0.2, 0) is 19.1 Å². The summed E-state index contributed by atoms with van der Waals surface area (Å²) in [5.74, 6) is -0.257. The number of rotatable bonds is 15. The third-order valence-corrected chi connectivity index (χ3v) is 3.97. The minimum atomic E-state index is -0.761. The van der Waals surface area contributed by atoms with Crippen molar-refractivity contribution in [3.8, 4) is 0 Å². The smallest absolute Gasteiger partial charge is 0.225 e. The largest absolute Gasteiger partial charge is 0.378 e. The molecular formula is C20H42N4O4. The molecule has 28 heavy (non-hydrogen) atoms. The minimum Gasteiger partial charge on any atom is -0.378 e. The van der Waals surface area contributed by atoms with Crippen molar-refractivity contribution < 1.29 is 19.1 Å². The molecule has 8 nitrogen and oxygen atoms in total. The Hall–Kier alpha value is -1.51. The molecule has 0 aromatic rings. The molecule has 0 aromatic heterocycles. The summed E-state index contributed by atoms with van der Waals surface area (Å²) < 4.78 is 5.31. The van der Waals surface area contributed by atoms with Crippen LogP contribution in [0.15, 0.2) is 0 Å². The Labute approximate surface area is 170 Å². The Balaban J connectivity index is 0. The lowest BCUT2D eigenvalue weighted by Crippen LogP contribution is -2.38. The average molecular weight is 403 g/mol. The number of aldehydes is 1. The second-order valence-corrected chi connectivity index (χ2v) is 7.31. The number of hydrogen-bond acceptors (Lipinski definition) is 6. The summed E-state index contributed by atoms with van der Waals surface area (Å²) in [4.78, 5) is 33.5. The van der Waals surface area contributed by atoms with Gasteiger partial charge in [0.1, 0.15) is 6.29 Å². The quantitative estimate of drug-likeness (QED) is 0.239. The normalized spacial score (nSPS) is 11.8. The molecule has 0 heterocycles. The predicted octanol–water partition coefficient (Wildman–Crippen LogP) is 0.984. The van der Waals surface area contributed by atoms with E-state index in [0.717, 1.165) is 19.4 Å². The summed E-state index contributed by atoms with van der Waals surface area (Å²) in [6, 6.07) is -0.761. The lowest BCUT2D eigenvalue weighted by Gasteiger charge is -2.22. The van der Waals surface area contributed by atoms with E-state index in [2.05, 4.69) is 29.8 Å². The first-order chi connectivity index (χ1) is 13.2. The summed E-state index contributed by atoms with van der Waals surface area (Å²) >= 11 is 0. The molecule has 0 fully saturated rings. The SMILES string of the molecule is CCCC(C)(C)C(=O)NCCOCCNC(=O)CC(N)C=O.CCCCNC. The van der Waals surface area contributed by atoms with Crippen LogP contribution in [0.5, 0.6) is 0 Å². The van der Waals surface area contributed by atoms with Crippen LogP contribution in [0, 0.1) is 5.41 Å². The van der Waals surface area contributed by atoms with Crippen LogP contribution in [0.2, 0.25) is 0 Å². The van der Waals surface area contributed by atoms with Crippen LogP contribution < -0.4 is 21.7 Å². The van der Waals surface area contributed by atoms with Crippen molar-refractivity contribution in [2.75, 3.05) is 39.9 Å². The van der Waals surface area contributed by atoms with Gasteiger partial charge in [-0.05, 0) is 26.4 Å². The summed E-state index contributed by atoms with van der Waals surface area (Å²) in [6.07, 6.45) is 4.92. The van der Waals surface area contributed by atoms with Crippen LogP contribution in [0.3, 0.4) is 0 Å². The van der Waals surface area contributed by atoms with Gasteiger partial charge in [-0.15, -0.1) is 0 Å². The highest BCUT2D eigenvalue weighted by Gasteiger charge is 2.25. The highest BCUT2D eigenvalue weighted by molar-refractivity contribution is 5.81. The Morgan fingerprint density at radius 2 is 1.68 bits per heavy atom. The molecule has 0 aromatic carbocycles. The fourth-order valence-electron chi connectivity index (χ4n) is 2.27. The van der Waals surface area contributed by atoms with E-state index in [4.69, 9.17) is 10.5 Å². The molecule has 0 rings (SSSR count). The topological polar surface area (TPSA) is 123 Å². The number of unbranched alkanes of at least 4 members (excludes halogenated alkanes) is 1. The van der Waals surface area contributed by atoms with Crippen molar-refractivity contribution in [3.63, 3.8) is 0 Å². The second-order valence-electron chi connectivity index (χ2n) is 7.31. The molecule has 2 amide bonds.